The van der Waals surface area contributed by atoms with Crippen molar-refractivity contribution >= 4 is 29.3 Å². The largest absolute Gasteiger partial charge is 0.442 e. The molecule has 148 valence electrons. The second-order valence-electron chi connectivity index (χ2n) is 6.16. The molecule has 9 heteroatoms. The van der Waals surface area contributed by atoms with Crippen LogP contribution < -0.4 is 10.2 Å². The Labute approximate surface area is 164 Å². The van der Waals surface area contributed by atoms with Crippen LogP contribution in [0.1, 0.15) is 5.56 Å². The fraction of sp³-hybridized carbons (Fsp3) is 0.263. The van der Waals surface area contributed by atoms with Crippen molar-refractivity contribution in [1.82, 2.24) is 5.32 Å². The molecule has 0 aromatic heterocycles. The van der Waals surface area contributed by atoms with Gasteiger partial charge in [0, 0.05) is 11.4 Å². The van der Waals surface area contributed by atoms with Crippen molar-refractivity contribution in [3.05, 3.63) is 53.8 Å². The van der Waals surface area contributed by atoms with E-state index in [-0.39, 0.29) is 18.8 Å². The van der Waals surface area contributed by atoms with Crippen LogP contribution in [-0.4, -0.2) is 37.6 Å². The molecule has 2 aromatic carbocycles. The summed E-state index contributed by atoms with van der Waals surface area (Å²) in [6.07, 6.45) is -4.69. The van der Waals surface area contributed by atoms with Gasteiger partial charge in [-0.1, -0.05) is 24.3 Å². The minimum Gasteiger partial charge on any atom is -0.442 e. The van der Waals surface area contributed by atoms with Crippen LogP contribution in [0.5, 0.6) is 0 Å². The van der Waals surface area contributed by atoms with E-state index in [2.05, 4.69) is 0 Å². The Balaban J connectivity index is 1.71. The number of halogens is 4. The average molecular weight is 413 g/mol. The van der Waals surface area contributed by atoms with E-state index >= 15 is 0 Å². The Morgan fingerprint density at radius 3 is 2.57 bits per heavy atom. The molecule has 5 nitrogen and oxygen atoms in total. The van der Waals surface area contributed by atoms with E-state index in [0.717, 1.165) is 5.56 Å². The summed E-state index contributed by atoms with van der Waals surface area (Å²) < 4.78 is 44.0. The lowest BCUT2D eigenvalue weighted by atomic mass is 10.0. The summed E-state index contributed by atoms with van der Waals surface area (Å²) in [6, 6.07) is 11.4. The third-order valence-corrected chi connectivity index (χ3v) is 4.57. The van der Waals surface area contributed by atoms with E-state index in [1.54, 1.807) is 36.4 Å². The Hall–Kier alpha value is -2.74. The lowest BCUT2D eigenvalue weighted by molar-refractivity contribution is -0.132. The molecule has 0 aliphatic carbocycles. The Morgan fingerprint density at radius 1 is 1.25 bits per heavy atom. The second kappa shape index (κ2) is 8.52. The van der Waals surface area contributed by atoms with Crippen LogP contribution >= 0.6 is 11.6 Å². The molecule has 0 radical (unpaired) electrons. The lowest BCUT2D eigenvalue weighted by Gasteiger charge is -2.14. The maximum atomic E-state index is 14.6. The van der Waals surface area contributed by atoms with Crippen LogP contribution in [0.25, 0.3) is 11.1 Å². The normalized spacial score (nSPS) is 16.4. The molecular weight excluding hydrogens is 397 g/mol. The SMILES string of the molecule is O=C(NC[C@H]1CN(c2ccc(-c3ccc(CCl)cc3)c(F)c2)C(=O)O1)C(F)F. The van der Waals surface area contributed by atoms with Crippen LogP contribution in [0, 0.1) is 5.82 Å². The molecule has 1 N–H and O–H groups in total. The fourth-order valence-electron chi connectivity index (χ4n) is 2.81. The first-order valence-corrected chi connectivity index (χ1v) is 8.91. The van der Waals surface area contributed by atoms with Gasteiger partial charge in [-0.2, -0.15) is 8.78 Å². The first-order chi connectivity index (χ1) is 13.4. The first kappa shape index (κ1) is 20.0. The number of cyclic esters (lactones) is 1. The molecule has 0 spiro atoms. The Bertz CT molecular complexity index is 877. The number of rotatable bonds is 6. The van der Waals surface area contributed by atoms with Gasteiger partial charge >= 0.3 is 12.5 Å². The predicted octanol–water partition coefficient (Wildman–Crippen LogP) is 3.94. The summed E-state index contributed by atoms with van der Waals surface area (Å²) in [5.74, 6) is -1.61. The van der Waals surface area contributed by atoms with Gasteiger partial charge in [0.15, 0.2) is 0 Å². The smallest absolute Gasteiger partial charge is 0.414 e. The van der Waals surface area contributed by atoms with Crippen molar-refractivity contribution in [3.63, 3.8) is 0 Å². The molecule has 2 aromatic rings. The standard InChI is InChI=1S/C19H16ClF3N2O3/c20-8-11-1-3-12(4-2-11)15-6-5-13(7-16(15)21)25-10-14(28-19(25)27)9-24-18(26)17(22)23/h1-7,14,17H,8-10H2,(H,24,26)/t14-/m0/s1. The molecule has 0 unspecified atom stereocenters. The molecule has 1 fully saturated rings. The number of hydrogen-bond donors (Lipinski definition) is 1. The van der Waals surface area contributed by atoms with Gasteiger partial charge in [0.2, 0.25) is 0 Å². The van der Waals surface area contributed by atoms with Gasteiger partial charge < -0.3 is 10.1 Å². The number of carbonyl (C=O) groups excluding carboxylic acids is 2. The van der Waals surface area contributed by atoms with Gasteiger partial charge in [0.1, 0.15) is 11.9 Å². The maximum absolute atomic E-state index is 14.6. The minimum atomic E-state index is -3.15. The molecular formula is C19H16ClF3N2O3. The van der Waals surface area contributed by atoms with E-state index < -0.39 is 30.3 Å². The molecule has 28 heavy (non-hydrogen) atoms. The summed E-state index contributed by atoms with van der Waals surface area (Å²) in [5.41, 5.74) is 2.20. The van der Waals surface area contributed by atoms with Crippen molar-refractivity contribution < 1.29 is 27.5 Å². The van der Waals surface area contributed by atoms with Crippen LogP contribution in [-0.2, 0) is 15.4 Å². The highest BCUT2D eigenvalue weighted by Crippen LogP contribution is 2.29. The molecule has 1 heterocycles. The predicted molar refractivity (Wildman–Crippen MR) is 98.0 cm³/mol. The number of anilines is 1. The van der Waals surface area contributed by atoms with Crippen molar-refractivity contribution in [2.24, 2.45) is 0 Å². The van der Waals surface area contributed by atoms with Crippen LogP contribution in [0.4, 0.5) is 23.7 Å². The van der Waals surface area contributed by atoms with E-state index in [4.69, 9.17) is 16.3 Å². The van der Waals surface area contributed by atoms with Gasteiger partial charge in [0.05, 0.1) is 18.8 Å². The highest BCUT2D eigenvalue weighted by Gasteiger charge is 2.33. The van der Waals surface area contributed by atoms with E-state index in [1.165, 1.54) is 11.0 Å². The third-order valence-electron chi connectivity index (χ3n) is 4.26. The molecule has 1 aliphatic heterocycles. The molecule has 0 bridgehead atoms. The topological polar surface area (TPSA) is 58.6 Å². The number of benzene rings is 2. The molecule has 0 saturated carbocycles. The fourth-order valence-corrected chi connectivity index (χ4v) is 2.99. The van der Waals surface area contributed by atoms with Crippen LogP contribution in [0.15, 0.2) is 42.5 Å². The quantitative estimate of drug-likeness (QED) is 0.731. The minimum absolute atomic E-state index is 0.00551. The van der Waals surface area contributed by atoms with Gasteiger partial charge in [-0.15, -0.1) is 11.6 Å². The Morgan fingerprint density at radius 2 is 1.96 bits per heavy atom. The number of amides is 2. The van der Waals surface area contributed by atoms with Gasteiger partial charge in [-0.05, 0) is 29.3 Å². The number of carbonyl (C=O) groups is 2. The van der Waals surface area contributed by atoms with E-state index in [1.807, 2.05) is 5.32 Å². The highest BCUT2D eigenvalue weighted by molar-refractivity contribution is 6.17. The zero-order valence-corrected chi connectivity index (χ0v) is 15.3. The number of nitrogens with zero attached hydrogens (tertiary/aromatic N) is 1. The zero-order chi connectivity index (χ0) is 20.3. The molecule has 1 atom stereocenters. The maximum Gasteiger partial charge on any atom is 0.414 e. The molecule has 2 amide bonds. The lowest BCUT2D eigenvalue weighted by Crippen LogP contribution is -2.37. The number of alkyl halides is 3. The second-order valence-corrected chi connectivity index (χ2v) is 6.42. The third kappa shape index (κ3) is 4.39. The Kier molecular flexibility index (Phi) is 6.08. The number of hydrogen-bond acceptors (Lipinski definition) is 3. The zero-order valence-electron chi connectivity index (χ0n) is 14.5. The van der Waals surface area contributed by atoms with E-state index in [9.17, 15) is 22.8 Å². The molecule has 1 aliphatic rings. The number of nitrogens with one attached hydrogen (secondary N) is 1. The van der Waals surface area contributed by atoms with Crippen molar-refractivity contribution in [2.75, 3.05) is 18.0 Å². The first-order valence-electron chi connectivity index (χ1n) is 8.38. The van der Waals surface area contributed by atoms with Crippen LogP contribution in [0.2, 0.25) is 0 Å². The summed E-state index contributed by atoms with van der Waals surface area (Å²) >= 11 is 5.75. The van der Waals surface area contributed by atoms with Gasteiger partial charge in [-0.25, -0.2) is 9.18 Å². The van der Waals surface area contributed by atoms with Gasteiger partial charge in [-0.3, -0.25) is 9.69 Å². The molecule has 1 saturated heterocycles. The average Bonchev–Trinajstić information content (AvgIpc) is 3.06. The van der Waals surface area contributed by atoms with Gasteiger partial charge in [0.25, 0.3) is 5.91 Å². The van der Waals surface area contributed by atoms with Crippen molar-refractivity contribution in [2.45, 2.75) is 18.4 Å². The van der Waals surface area contributed by atoms with Crippen molar-refractivity contribution in [3.8, 4) is 11.1 Å². The van der Waals surface area contributed by atoms with E-state index in [0.29, 0.717) is 17.0 Å². The van der Waals surface area contributed by atoms with Crippen molar-refractivity contribution in [1.29, 1.82) is 0 Å². The molecule has 3 rings (SSSR count). The number of ether oxygens (including phenoxy) is 1. The summed E-state index contributed by atoms with van der Waals surface area (Å²) in [5, 5.41) is 1.99. The summed E-state index contributed by atoms with van der Waals surface area (Å²) in [7, 11) is 0. The van der Waals surface area contributed by atoms with Crippen LogP contribution in [0.3, 0.4) is 0 Å². The monoisotopic (exact) mass is 412 g/mol. The highest BCUT2D eigenvalue weighted by atomic mass is 35.5. The summed E-state index contributed by atoms with van der Waals surface area (Å²) in [4.78, 5) is 24.1. The summed E-state index contributed by atoms with van der Waals surface area (Å²) in [6.45, 7) is -0.246.